The van der Waals surface area contributed by atoms with E-state index >= 15 is 0 Å². The van der Waals surface area contributed by atoms with Crippen LogP contribution in [0.25, 0.3) is 0 Å². The third-order valence-corrected chi connectivity index (χ3v) is 4.87. The molecule has 7 heteroatoms. The largest absolute Gasteiger partial charge is 0.376 e. The number of amides is 3. The summed E-state index contributed by atoms with van der Waals surface area (Å²) in [5.41, 5.74) is 2.64. The first kappa shape index (κ1) is 19.0. The van der Waals surface area contributed by atoms with Crippen molar-refractivity contribution in [1.82, 2.24) is 5.32 Å². The Labute approximate surface area is 169 Å². The van der Waals surface area contributed by atoms with Crippen LogP contribution < -0.4 is 21.3 Å². The molecule has 0 spiro atoms. The number of hydrogen-bond donors (Lipinski definition) is 4. The van der Waals surface area contributed by atoms with E-state index in [1.807, 2.05) is 24.3 Å². The Bertz CT molecular complexity index is 918. The summed E-state index contributed by atoms with van der Waals surface area (Å²) >= 11 is 0. The van der Waals surface area contributed by atoms with Crippen LogP contribution in [-0.2, 0) is 9.59 Å². The molecular formula is C22H24N4O3. The van der Waals surface area contributed by atoms with Crippen LogP contribution in [0.1, 0.15) is 36.0 Å². The highest BCUT2D eigenvalue weighted by Gasteiger charge is 2.29. The van der Waals surface area contributed by atoms with E-state index in [1.54, 1.807) is 24.3 Å². The predicted octanol–water partition coefficient (Wildman–Crippen LogP) is 2.98. The van der Waals surface area contributed by atoms with E-state index in [4.69, 9.17) is 0 Å². The molecule has 0 saturated heterocycles. The number of nitrogens with one attached hydrogen (secondary N) is 4. The first-order chi connectivity index (χ1) is 14.1. The molecule has 2 aromatic carbocycles. The minimum atomic E-state index is -0.212. The number of anilines is 3. The molecule has 2 aromatic rings. The van der Waals surface area contributed by atoms with Gasteiger partial charge in [-0.05, 0) is 68.1 Å². The van der Waals surface area contributed by atoms with Crippen molar-refractivity contribution in [2.24, 2.45) is 5.92 Å². The molecule has 7 nitrogen and oxygen atoms in total. The van der Waals surface area contributed by atoms with Crippen LogP contribution in [0.2, 0.25) is 0 Å². The second-order valence-electron chi connectivity index (χ2n) is 7.57. The molecule has 2 aliphatic carbocycles. The molecule has 0 aromatic heterocycles. The molecule has 4 rings (SSSR count). The maximum absolute atomic E-state index is 12.2. The van der Waals surface area contributed by atoms with Crippen LogP contribution >= 0.6 is 0 Å². The summed E-state index contributed by atoms with van der Waals surface area (Å²) in [6.07, 6.45) is 3.99. The first-order valence-corrected chi connectivity index (χ1v) is 9.92. The number of carbonyl (C=O) groups is 3. The lowest BCUT2D eigenvalue weighted by Crippen LogP contribution is -2.26. The molecular weight excluding hydrogens is 368 g/mol. The van der Waals surface area contributed by atoms with Gasteiger partial charge in [-0.2, -0.15) is 0 Å². The normalized spacial score (nSPS) is 15.3. The maximum Gasteiger partial charge on any atom is 0.251 e. The summed E-state index contributed by atoms with van der Waals surface area (Å²) in [6.45, 7) is 0.0896. The lowest BCUT2D eigenvalue weighted by Gasteiger charge is -2.10. The third-order valence-electron chi connectivity index (χ3n) is 4.87. The van der Waals surface area contributed by atoms with E-state index in [9.17, 15) is 14.4 Å². The van der Waals surface area contributed by atoms with Crippen molar-refractivity contribution >= 4 is 34.8 Å². The summed E-state index contributed by atoms with van der Waals surface area (Å²) < 4.78 is 0. The van der Waals surface area contributed by atoms with Crippen molar-refractivity contribution in [3.8, 4) is 0 Å². The zero-order valence-electron chi connectivity index (χ0n) is 16.0. The standard InChI is InChI=1S/C22H24N4O3/c27-20(24-19-3-1-2-15(12-19)22(29)26-18-10-11-18)13-23-16-6-8-17(9-7-16)25-21(28)14-4-5-14/h1-3,6-9,12,14,18,23H,4-5,10-11,13H2,(H,24,27)(H,25,28)(H,26,29). The van der Waals surface area contributed by atoms with Crippen LogP contribution in [0.4, 0.5) is 17.1 Å². The highest BCUT2D eigenvalue weighted by molar-refractivity contribution is 5.98. The molecule has 0 aliphatic heterocycles. The van der Waals surface area contributed by atoms with E-state index in [-0.39, 0.29) is 30.2 Å². The van der Waals surface area contributed by atoms with Crippen molar-refractivity contribution in [2.45, 2.75) is 31.7 Å². The highest BCUT2D eigenvalue weighted by atomic mass is 16.2. The maximum atomic E-state index is 12.2. The SMILES string of the molecule is O=C(CNc1ccc(NC(=O)C2CC2)cc1)Nc1cccc(C(=O)NC2CC2)c1. The van der Waals surface area contributed by atoms with Gasteiger partial charge in [0.1, 0.15) is 0 Å². The Kier molecular flexibility index (Phi) is 5.46. The van der Waals surface area contributed by atoms with E-state index in [2.05, 4.69) is 21.3 Å². The number of carbonyl (C=O) groups excluding carboxylic acids is 3. The van der Waals surface area contributed by atoms with Crippen molar-refractivity contribution in [3.63, 3.8) is 0 Å². The summed E-state index contributed by atoms with van der Waals surface area (Å²) in [4.78, 5) is 36.1. The van der Waals surface area contributed by atoms with Crippen molar-refractivity contribution in [1.29, 1.82) is 0 Å². The lowest BCUT2D eigenvalue weighted by molar-refractivity contribution is -0.117. The Balaban J connectivity index is 1.25. The molecule has 150 valence electrons. The van der Waals surface area contributed by atoms with Gasteiger partial charge in [-0.1, -0.05) is 6.07 Å². The zero-order valence-corrected chi connectivity index (χ0v) is 16.0. The van der Waals surface area contributed by atoms with Gasteiger partial charge >= 0.3 is 0 Å². The number of benzene rings is 2. The zero-order chi connectivity index (χ0) is 20.2. The van der Waals surface area contributed by atoms with Crippen LogP contribution in [0.3, 0.4) is 0 Å². The number of hydrogen-bond acceptors (Lipinski definition) is 4. The van der Waals surface area contributed by atoms with E-state index < -0.39 is 0 Å². The summed E-state index contributed by atoms with van der Waals surface area (Å²) in [5.74, 6) is -0.0978. The van der Waals surface area contributed by atoms with Gasteiger partial charge in [0.15, 0.2) is 0 Å². The fourth-order valence-electron chi connectivity index (χ4n) is 2.88. The van der Waals surface area contributed by atoms with Gasteiger partial charge in [0, 0.05) is 34.6 Å². The van der Waals surface area contributed by atoms with Crippen molar-refractivity contribution in [2.75, 3.05) is 22.5 Å². The molecule has 0 radical (unpaired) electrons. The number of rotatable bonds is 8. The van der Waals surface area contributed by atoms with Gasteiger partial charge in [-0.3, -0.25) is 14.4 Å². The van der Waals surface area contributed by atoms with Crippen LogP contribution in [-0.4, -0.2) is 30.3 Å². The van der Waals surface area contributed by atoms with Gasteiger partial charge in [0.2, 0.25) is 11.8 Å². The predicted molar refractivity (Wildman–Crippen MR) is 112 cm³/mol. The summed E-state index contributed by atoms with van der Waals surface area (Å²) in [7, 11) is 0. The average molecular weight is 392 g/mol. The molecule has 2 saturated carbocycles. The van der Waals surface area contributed by atoms with Gasteiger partial charge in [0.25, 0.3) is 5.91 Å². The summed E-state index contributed by atoms with van der Waals surface area (Å²) in [5, 5.41) is 11.7. The molecule has 0 atom stereocenters. The average Bonchev–Trinajstić information content (AvgIpc) is 3.62. The molecule has 0 heterocycles. The van der Waals surface area contributed by atoms with Gasteiger partial charge in [-0.25, -0.2) is 0 Å². The fourth-order valence-corrected chi connectivity index (χ4v) is 2.88. The van der Waals surface area contributed by atoms with E-state index in [0.29, 0.717) is 17.3 Å². The van der Waals surface area contributed by atoms with Crippen LogP contribution in [0.15, 0.2) is 48.5 Å². The molecule has 0 bridgehead atoms. The second kappa shape index (κ2) is 8.34. The van der Waals surface area contributed by atoms with Gasteiger partial charge in [-0.15, -0.1) is 0 Å². The first-order valence-electron chi connectivity index (χ1n) is 9.92. The monoisotopic (exact) mass is 392 g/mol. The molecule has 3 amide bonds. The molecule has 2 aliphatic rings. The Hall–Kier alpha value is -3.35. The van der Waals surface area contributed by atoms with Gasteiger partial charge in [0.05, 0.1) is 6.54 Å². The Morgan fingerprint density at radius 2 is 1.55 bits per heavy atom. The van der Waals surface area contributed by atoms with Crippen LogP contribution in [0, 0.1) is 5.92 Å². The van der Waals surface area contributed by atoms with Crippen molar-refractivity contribution < 1.29 is 14.4 Å². The van der Waals surface area contributed by atoms with E-state index in [0.717, 1.165) is 37.1 Å². The molecule has 2 fully saturated rings. The summed E-state index contributed by atoms with van der Waals surface area (Å²) in [6, 6.07) is 14.4. The minimum Gasteiger partial charge on any atom is -0.376 e. The second-order valence-corrected chi connectivity index (χ2v) is 7.57. The van der Waals surface area contributed by atoms with Crippen LogP contribution in [0.5, 0.6) is 0 Å². The fraction of sp³-hybridized carbons (Fsp3) is 0.318. The smallest absolute Gasteiger partial charge is 0.251 e. The molecule has 4 N–H and O–H groups in total. The minimum absolute atomic E-state index is 0.0677. The Morgan fingerprint density at radius 3 is 2.24 bits per heavy atom. The molecule has 29 heavy (non-hydrogen) atoms. The topological polar surface area (TPSA) is 99.3 Å². The van der Waals surface area contributed by atoms with Gasteiger partial charge < -0.3 is 21.3 Å². The quantitative estimate of drug-likeness (QED) is 0.555. The van der Waals surface area contributed by atoms with Crippen molar-refractivity contribution in [3.05, 3.63) is 54.1 Å². The molecule has 0 unspecified atom stereocenters. The van der Waals surface area contributed by atoms with E-state index in [1.165, 1.54) is 0 Å². The Morgan fingerprint density at radius 1 is 0.828 bits per heavy atom. The highest BCUT2D eigenvalue weighted by Crippen LogP contribution is 2.30. The lowest BCUT2D eigenvalue weighted by atomic mass is 10.2. The third kappa shape index (κ3) is 5.57.